The van der Waals surface area contributed by atoms with Crippen molar-refractivity contribution in [2.24, 2.45) is 0 Å². The third kappa shape index (κ3) is 1.77. The van der Waals surface area contributed by atoms with Gasteiger partial charge in [-0.3, -0.25) is 5.10 Å². The highest BCUT2D eigenvalue weighted by molar-refractivity contribution is 5.20. The largest absolute Gasteiger partial charge is 0.435 e. The van der Waals surface area contributed by atoms with E-state index in [1.54, 1.807) is 6.92 Å². The zero-order valence-electron chi connectivity index (χ0n) is 8.50. The lowest BCUT2D eigenvalue weighted by atomic mass is 10.4. The summed E-state index contributed by atoms with van der Waals surface area (Å²) >= 11 is 0. The fourth-order valence-electron chi connectivity index (χ4n) is 1.24. The van der Waals surface area contributed by atoms with Crippen molar-refractivity contribution in [2.75, 3.05) is 0 Å². The average Bonchev–Trinajstić information content (AvgIpc) is 2.70. The van der Waals surface area contributed by atoms with Crippen LogP contribution in [0.4, 0.5) is 13.2 Å². The summed E-state index contributed by atoms with van der Waals surface area (Å²) in [6, 6.07) is 0.950. The fourth-order valence-corrected chi connectivity index (χ4v) is 1.24. The molecule has 16 heavy (non-hydrogen) atoms. The van der Waals surface area contributed by atoms with Crippen molar-refractivity contribution in [3.63, 3.8) is 0 Å². The summed E-state index contributed by atoms with van der Waals surface area (Å²) in [7, 11) is 0. The molecular formula is C8H8F3N5. The molecule has 2 aromatic heterocycles. The van der Waals surface area contributed by atoms with Crippen LogP contribution in [0, 0.1) is 13.8 Å². The summed E-state index contributed by atoms with van der Waals surface area (Å²) in [6.07, 6.45) is -4.46. The minimum atomic E-state index is -4.46. The highest BCUT2D eigenvalue weighted by Crippen LogP contribution is 2.28. The van der Waals surface area contributed by atoms with E-state index in [0.717, 1.165) is 10.7 Å². The van der Waals surface area contributed by atoms with Crippen LogP contribution < -0.4 is 0 Å². The monoisotopic (exact) mass is 231 g/mol. The molecule has 0 aliphatic carbocycles. The van der Waals surface area contributed by atoms with Gasteiger partial charge in [-0.05, 0) is 19.9 Å². The van der Waals surface area contributed by atoms with E-state index in [-0.39, 0.29) is 5.95 Å². The number of H-pyrrole nitrogens is 1. The Bertz CT molecular complexity index is 510. The minimum absolute atomic E-state index is 0.102. The number of nitrogens with zero attached hydrogens (tertiary/aromatic N) is 4. The predicted octanol–water partition coefficient (Wildman–Crippen LogP) is 1.63. The van der Waals surface area contributed by atoms with Gasteiger partial charge in [0, 0.05) is 5.69 Å². The number of aromatic amines is 1. The standard InChI is InChI=1S/C8H8F3N5/c1-4-3-6(8(9,10)11)15-16(4)7-12-5(2)13-14-7/h3H,1-2H3,(H,12,13,14). The first-order chi connectivity index (χ1) is 7.38. The number of aryl methyl sites for hydroxylation is 2. The number of nitrogens with one attached hydrogen (secondary N) is 1. The minimum Gasteiger partial charge on any atom is -0.261 e. The van der Waals surface area contributed by atoms with E-state index in [9.17, 15) is 13.2 Å². The Labute approximate surface area is 88.3 Å². The zero-order chi connectivity index (χ0) is 11.9. The molecule has 1 N–H and O–H groups in total. The van der Waals surface area contributed by atoms with Gasteiger partial charge in [-0.25, -0.2) is 4.68 Å². The Hall–Kier alpha value is -1.86. The van der Waals surface area contributed by atoms with E-state index in [1.165, 1.54) is 6.92 Å². The van der Waals surface area contributed by atoms with Gasteiger partial charge in [-0.2, -0.15) is 23.3 Å². The zero-order valence-corrected chi connectivity index (χ0v) is 8.50. The third-order valence-electron chi connectivity index (χ3n) is 1.95. The van der Waals surface area contributed by atoms with Crippen molar-refractivity contribution >= 4 is 0 Å². The van der Waals surface area contributed by atoms with Crippen molar-refractivity contribution in [2.45, 2.75) is 20.0 Å². The van der Waals surface area contributed by atoms with Gasteiger partial charge in [-0.15, -0.1) is 5.10 Å². The van der Waals surface area contributed by atoms with Gasteiger partial charge in [0.2, 0.25) is 0 Å². The van der Waals surface area contributed by atoms with E-state index >= 15 is 0 Å². The molecule has 0 aliphatic rings. The molecule has 0 saturated heterocycles. The maximum atomic E-state index is 12.4. The summed E-state index contributed by atoms with van der Waals surface area (Å²) in [4.78, 5) is 3.90. The van der Waals surface area contributed by atoms with Crippen LogP contribution in [0.25, 0.3) is 5.95 Å². The first-order valence-corrected chi connectivity index (χ1v) is 4.41. The lowest BCUT2D eigenvalue weighted by Crippen LogP contribution is -2.08. The summed E-state index contributed by atoms with van der Waals surface area (Å²) in [5, 5.41) is 9.69. The van der Waals surface area contributed by atoms with Crippen LogP contribution >= 0.6 is 0 Å². The van der Waals surface area contributed by atoms with Crippen molar-refractivity contribution in [1.29, 1.82) is 0 Å². The SMILES string of the molecule is Cc1nc(-n2nc(C(F)(F)F)cc2C)n[nH]1. The molecule has 0 spiro atoms. The summed E-state index contributed by atoms with van der Waals surface area (Å²) < 4.78 is 38.2. The number of aromatic nitrogens is 5. The first kappa shape index (κ1) is 10.7. The number of rotatable bonds is 1. The van der Waals surface area contributed by atoms with Gasteiger partial charge in [-0.1, -0.05) is 0 Å². The number of hydrogen-bond acceptors (Lipinski definition) is 3. The van der Waals surface area contributed by atoms with Gasteiger partial charge >= 0.3 is 6.18 Å². The van der Waals surface area contributed by atoms with Crippen molar-refractivity contribution < 1.29 is 13.2 Å². The maximum Gasteiger partial charge on any atom is 0.435 e. The molecule has 0 bridgehead atoms. The molecule has 2 rings (SSSR count). The predicted molar refractivity (Wildman–Crippen MR) is 48.0 cm³/mol. The van der Waals surface area contributed by atoms with Crippen molar-refractivity contribution in [3.8, 4) is 5.95 Å². The Morgan fingerprint density at radius 1 is 1.31 bits per heavy atom. The molecule has 0 amide bonds. The van der Waals surface area contributed by atoms with Gasteiger partial charge < -0.3 is 0 Å². The van der Waals surface area contributed by atoms with Gasteiger partial charge in [0.15, 0.2) is 5.69 Å². The lowest BCUT2D eigenvalue weighted by molar-refractivity contribution is -0.141. The van der Waals surface area contributed by atoms with E-state index in [4.69, 9.17) is 0 Å². The molecule has 5 nitrogen and oxygen atoms in total. The summed E-state index contributed by atoms with van der Waals surface area (Å²) in [5.41, 5.74) is -0.626. The van der Waals surface area contributed by atoms with Crippen LogP contribution in [0.1, 0.15) is 17.2 Å². The smallest absolute Gasteiger partial charge is 0.261 e. The van der Waals surface area contributed by atoms with Crippen LogP contribution in [0.2, 0.25) is 0 Å². The van der Waals surface area contributed by atoms with Gasteiger partial charge in [0.1, 0.15) is 5.82 Å². The number of alkyl halides is 3. The molecule has 0 fully saturated rings. The van der Waals surface area contributed by atoms with Crippen LogP contribution in [-0.4, -0.2) is 25.0 Å². The van der Waals surface area contributed by atoms with E-state index in [0.29, 0.717) is 11.5 Å². The van der Waals surface area contributed by atoms with E-state index in [1.807, 2.05) is 0 Å². The molecule has 0 unspecified atom stereocenters. The Morgan fingerprint density at radius 3 is 2.44 bits per heavy atom. The normalized spacial score (nSPS) is 12.1. The molecule has 0 atom stereocenters. The molecule has 0 saturated carbocycles. The molecule has 2 heterocycles. The Kier molecular flexibility index (Phi) is 2.21. The second kappa shape index (κ2) is 3.32. The van der Waals surface area contributed by atoms with E-state index in [2.05, 4.69) is 20.3 Å². The molecule has 0 aliphatic heterocycles. The molecular weight excluding hydrogens is 223 g/mol. The maximum absolute atomic E-state index is 12.4. The van der Waals surface area contributed by atoms with Crippen LogP contribution in [-0.2, 0) is 6.18 Å². The third-order valence-corrected chi connectivity index (χ3v) is 1.95. The van der Waals surface area contributed by atoms with Crippen LogP contribution in [0.5, 0.6) is 0 Å². The quantitative estimate of drug-likeness (QED) is 0.811. The topological polar surface area (TPSA) is 59.4 Å². The van der Waals surface area contributed by atoms with Crippen LogP contribution in [0.15, 0.2) is 6.07 Å². The summed E-state index contributed by atoms with van der Waals surface area (Å²) in [6.45, 7) is 3.16. The van der Waals surface area contributed by atoms with Gasteiger partial charge in [0.05, 0.1) is 0 Å². The van der Waals surface area contributed by atoms with Gasteiger partial charge in [0.25, 0.3) is 5.95 Å². The first-order valence-electron chi connectivity index (χ1n) is 4.41. The van der Waals surface area contributed by atoms with Crippen molar-refractivity contribution in [3.05, 3.63) is 23.3 Å². The molecule has 0 aromatic carbocycles. The highest BCUT2D eigenvalue weighted by Gasteiger charge is 2.34. The molecule has 0 radical (unpaired) electrons. The van der Waals surface area contributed by atoms with E-state index < -0.39 is 11.9 Å². The average molecular weight is 231 g/mol. The molecule has 86 valence electrons. The highest BCUT2D eigenvalue weighted by atomic mass is 19.4. The van der Waals surface area contributed by atoms with Crippen LogP contribution in [0.3, 0.4) is 0 Å². The second-order valence-electron chi connectivity index (χ2n) is 3.30. The molecule has 8 heteroatoms. The second-order valence-corrected chi connectivity index (χ2v) is 3.30. The number of hydrogen-bond donors (Lipinski definition) is 1. The Balaban J connectivity index is 2.47. The lowest BCUT2D eigenvalue weighted by Gasteiger charge is -1.99. The number of halogens is 3. The Morgan fingerprint density at radius 2 is 2.00 bits per heavy atom. The van der Waals surface area contributed by atoms with Crippen molar-refractivity contribution in [1.82, 2.24) is 25.0 Å². The summed E-state index contributed by atoms with van der Waals surface area (Å²) in [5.74, 6) is 0.615. The molecule has 2 aromatic rings. The fraction of sp³-hybridized carbons (Fsp3) is 0.375.